The zero-order valence-electron chi connectivity index (χ0n) is 23.2. The maximum absolute atomic E-state index is 14.2. The number of hydrogen-bond acceptors (Lipinski definition) is 4. The number of nitrogens with one attached hydrogen (secondary N) is 1. The van der Waals surface area contributed by atoms with E-state index in [9.17, 15) is 18.0 Å². The van der Waals surface area contributed by atoms with Crippen LogP contribution in [-0.2, 0) is 32.6 Å². The Balaban J connectivity index is 1.76. The highest BCUT2D eigenvalue weighted by atomic mass is 35.5. The van der Waals surface area contributed by atoms with Gasteiger partial charge >= 0.3 is 0 Å². The highest BCUT2D eigenvalue weighted by molar-refractivity contribution is 7.92. The Bertz CT molecular complexity index is 1460. The minimum atomic E-state index is -3.84. The molecule has 3 aromatic carbocycles. The Morgan fingerprint density at radius 1 is 0.951 bits per heavy atom. The van der Waals surface area contributed by atoms with Crippen LogP contribution in [0.3, 0.4) is 0 Å². The van der Waals surface area contributed by atoms with E-state index in [2.05, 4.69) is 5.32 Å². The quantitative estimate of drug-likeness (QED) is 0.297. The molecule has 10 heteroatoms. The van der Waals surface area contributed by atoms with Crippen LogP contribution < -0.4 is 9.62 Å². The summed E-state index contributed by atoms with van der Waals surface area (Å²) < 4.78 is 26.9. The first-order valence-corrected chi connectivity index (χ1v) is 16.2. The van der Waals surface area contributed by atoms with Crippen LogP contribution in [0.5, 0.6) is 0 Å². The summed E-state index contributed by atoms with van der Waals surface area (Å²) in [5.74, 6) is -0.839. The summed E-state index contributed by atoms with van der Waals surface area (Å²) in [4.78, 5) is 29.5. The van der Waals surface area contributed by atoms with E-state index in [0.29, 0.717) is 21.3 Å². The van der Waals surface area contributed by atoms with E-state index in [0.717, 1.165) is 47.4 Å². The number of carbonyl (C=O) groups is 2. The Morgan fingerprint density at radius 3 is 2.20 bits per heavy atom. The van der Waals surface area contributed by atoms with Crippen LogP contribution in [0.2, 0.25) is 10.0 Å². The van der Waals surface area contributed by atoms with Crippen LogP contribution in [-0.4, -0.2) is 50.0 Å². The fourth-order valence-corrected chi connectivity index (χ4v) is 6.53. The Labute approximate surface area is 252 Å². The number of nitrogens with zero attached hydrogens (tertiary/aromatic N) is 2. The molecule has 7 nitrogen and oxygen atoms in total. The van der Waals surface area contributed by atoms with Gasteiger partial charge in [0.25, 0.3) is 0 Å². The average Bonchev–Trinajstić information content (AvgIpc) is 3.43. The van der Waals surface area contributed by atoms with Gasteiger partial charge in [-0.15, -0.1) is 0 Å². The highest BCUT2D eigenvalue weighted by Gasteiger charge is 2.35. The molecule has 3 aromatic rings. The van der Waals surface area contributed by atoms with E-state index < -0.39 is 28.5 Å². The van der Waals surface area contributed by atoms with Gasteiger partial charge in [-0.3, -0.25) is 13.9 Å². The fourth-order valence-electron chi connectivity index (χ4n) is 5.17. The molecule has 1 N–H and O–H groups in total. The van der Waals surface area contributed by atoms with Crippen molar-refractivity contribution in [2.24, 2.45) is 0 Å². The van der Waals surface area contributed by atoms with E-state index in [1.165, 1.54) is 4.90 Å². The van der Waals surface area contributed by atoms with Crippen molar-refractivity contribution in [3.8, 4) is 0 Å². The number of sulfonamides is 1. The van der Waals surface area contributed by atoms with Gasteiger partial charge in [-0.1, -0.05) is 84.6 Å². The minimum absolute atomic E-state index is 0.0291. The molecule has 0 radical (unpaired) electrons. The zero-order chi connectivity index (χ0) is 29.6. The number of hydrogen-bond donors (Lipinski definition) is 1. The molecule has 0 aromatic heterocycles. The summed E-state index contributed by atoms with van der Waals surface area (Å²) in [5.41, 5.74) is 2.56. The first kappa shape index (κ1) is 30.9. The Morgan fingerprint density at radius 2 is 1.59 bits per heavy atom. The number of anilines is 1. The van der Waals surface area contributed by atoms with Crippen LogP contribution in [0.4, 0.5) is 5.69 Å². The fraction of sp³-hybridized carbons (Fsp3) is 0.355. The van der Waals surface area contributed by atoms with Crippen molar-refractivity contribution in [1.82, 2.24) is 10.2 Å². The van der Waals surface area contributed by atoms with Gasteiger partial charge in [0.05, 0.1) is 11.9 Å². The Kier molecular flexibility index (Phi) is 10.3. The number of rotatable bonds is 11. The molecule has 1 saturated carbocycles. The largest absolute Gasteiger partial charge is 0.352 e. The van der Waals surface area contributed by atoms with E-state index >= 15 is 0 Å². The van der Waals surface area contributed by atoms with Gasteiger partial charge in [-0.2, -0.15) is 0 Å². The molecule has 2 amide bonds. The maximum atomic E-state index is 14.2. The standard InChI is InChI=1S/C31H35Cl2N3O4S/c1-22-10-8-15-25(18-22)36(41(2,39)40)21-30(37)35(20-26-27(32)16-9-17-28(26)33)29(19-23-11-4-3-5-12-23)31(38)34-24-13-6-7-14-24/h3-5,8-12,15-18,24,29H,6-7,13-14,19-21H2,1-2H3,(H,34,38). The lowest BCUT2D eigenvalue weighted by Gasteiger charge is -2.34. The molecule has 4 rings (SSSR count). The first-order chi connectivity index (χ1) is 19.5. The van der Waals surface area contributed by atoms with Crippen molar-refractivity contribution in [2.75, 3.05) is 17.1 Å². The monoisotopic (exact) mass is 615 g/mol. The van der Waals surface area contributed by atoms with E-state index in [1.54, 1.807) is 36.4 Å². The number of halogens is 2. The molecule has 1 unspecified atom stereocenters. The van der Waals surface area contributed by atoms with Crippen LogP contribution in [0.1, 0.15) is 42.4 Å². The van der Waals surface area contributed by atoms with Crippen molar-refractivity contribution in [3.05, 3.63) is 99.5 Å². The van der Waals surface area contributed by atoms with Crippen LogP contribution >= 0.6 is 23.2 Å². The van der Waals surface area contributed by atoms with Crippen LogP contribution in [0.15, 0.2) is 72.8 Å². The number of aryl methyl sites for hydroxylation is 1. The smallest absolute Gasteiger partial charge is 0.244 e. The van der Waals surface area contributed by atoms with E-state index in [-0.39, 0.29) is 24.9 Å². The normalized spacial score (nSPS) is 14.4. The van der Waals surface area contributed by atoms with Crippen LogP contribution in [0.25, 0.3) is 0 Å². The number of amides is 2. The number of carbonyl (C=O) groups excluding carboxylic acids is 2. The summed E-state index contributed by atoms with van der Waals surface area (Å²) in [5, 5.41) is 3.84. The zero-order valence-corrected chi connectivity index (χ0v) is 25.6. The lowest BCUT2D eigenvalue weighted by atomic mass is 10.0. The molecular formula is C31H35Cl2N3O4S. The van der Waals surface area contributed by atoms with E-state index in [1.807, 2.05) is 43.3 Å². The SMILES string of the molecule is Cc1cccc(N(CC(=O)N(Cc2c(Cl)cccc2Cl)C(Cc2ccccc2)C(=O)NC2CCCC2)S(C)(=O)=O)c1. The van der Waals surface area contributed by atoms with Crippen molar-refractivity contribution in [1.29, 1.82) is 0 Å². The summed E-state index contributed by atoms with van der Waals surface area (Å²) >= 11 is 13.0. The summed E-state index contributed by atoms with van der Waals surface area (Å²) in [7, 11) is -3.84. The van der Waals surface area contributed by atoms with Gasteiger partial charge in [-0.25, -0.2) is 8.42 Å². The van der Waals surface area contributed by atoms with Crippen molar-refractivity contribution in [2.45, 2.75) is 57.7 Å². The second kappa shape index (κ2) is 13.7. The lowest BCUT2D eigenvalue weighted by Crippen LogP contribution is -2.54. The van der Waals surface area contributed by atoms with E-state index in [4.69, 9.17) is 23.2 Å². The summed E-state index contributed by atoms with van der Waals surface area (Å²) in [6, 6.07) is 20.5. The molecule has 0 aliphatic heterocycles. The molecule has 0 spiro atoms. The predicted octanol–water partition coefficient (Wildman–Crippen LogP) is 5.77. The third-order valence-corrected chi connectivity index (χ3v) is 9.18. The summed E-state index contributed by atoms with van der Waals surface area (Å²) in [6.07, 6.45) is 5.12. The maximum Gasteiger partial charge on any atom is 0.244 e. The van der Waals surface area contributed by atoms with Crippen molar-refractivity contribution in [3.63, 3.8) is 0 Å². The lowest BCUT2D eigenvalue weighted by molar-refractivity contribution is -0.140. The second-order valence-corrected chi connectivity index (χ2v) is 13.2. The summed E-state index contributed by atoms with van der Waals surface area (Å²) in [6.45, 7) is 1.28. The molecule has 0 heterocycles. The van der Waals surface area contributed by atoms with Crippen molar-refractivity contribution < 1.29 is 18.0 Å². The molecule has 1 aliphatic rings. The van der Waals surface area contributed by atoms with Crippen molar-refractivity contribution >= 4 is 50.7 Å². The Hall–Kier alpha value is -3.07. The molecular weight excluding hydrogens is 581 g/mol. The van der Waals surface area contributed by atoms with Crippen LogP contribution in [0, 0.1) is 6.92 Å². The minimum Gasteiger partial charge on any atom is -0.352 e. The molecule has 1 aliphatic carbocycles. The van der Waals surface area contributed by atoms with Gasteiger partial charge in [0.15, 0.2) is 0 Å². The highest BCUT2D eigenvalue weighted by Crippen LogP contribution is 2.28. The number of benzene rings is 3. The molecule has 1 fully saturated rings. The first-order valence-electron chi connectivity index (χ1n) is 13.6. The molecule has 1 atom stereocenters. The molecule has 0 saturated heterocycles. The molecule has 0 bridgehead atoms. The average molecular weight is 617 g/mol. The molecule has 218 valence electrons. The van der Waals surface area contributed by atoms with Gasteiger partial charge in [0.1, 0.15) is 12.6 Å². The predicted molar refractivity (Wildman–Crippen MR) is 165 cm³/mol. The van der Waals surface area contributed by atoms with Gasteiger partial charge in [0, 0.05) is 34.6 Å². The third-order valence-electron chi connectivity index (χ3n) is 7.33. The second-order valence-electron chi connectivity index (χ2n) is 10.5. The topological polar surface area (TPSA) is 86.8 Å². The molecule has 41 heavy (non-hydrogen) atoms. The van der Waals surface area contributed by atoms with Gasteiger partial charge in [-0.05, 0) is 55.2 Å². The third kappa shape index (κ3) is 8.24. The van der Waals surface area contributed by atoms with Gasteiger partial charge < -0.3 is 10.2 Å². The van der Waals surface area contributed by atoms with Gasteiger partial charge in [0.2, 0.25) is 21.8 Å².